The third-order valence-corrected chi connectivity index (χ3v) is 4.35. The van der Waals surface area contributed by atoms with Gasteiger partial charge in [-0.3, -0.25) is 14.9 Å². The molecule has 1 N–H and O–H groups in total. The lowest BCUT2D eigenvalue weighted by Gasteiger charge is -2.16. The highest BCUT2D eigenvalue weighted by Crippen LogP contribution is 2.28. The van der Waals surface area contributed by atoms with E-state index in [1.165, 1.54) is 35.7 Å². The predicted molar refractivity (Wildman–Crippen MR) is 89.1 cm³/mol. The Bertz CT molecular complexity index is 789. The second-order valence-corrected chi connectivity index (χ2v) is 5.97. The van der Waals surface area contributed by atoms with E-state index in [4.69, 9.17) is 11.6 Å². The second kappa shape index (κ2) is 6.38. The van der Waals surface area contributed by atoms with Gasteiger partial charge in [-0.15, -0.1) is 0 Å². The molecule has 5 nitrogen and oxygen atoms in total. The number of nitro benzene ring substituents is 1. The van der Waals surface area contributed by atoms with Crippen LogP contribution < -0.4 is 5.32 Å². The summed E-state index contributed by atoms with van der Waals surface area (Å²) >= 11 is 6.01. The molecule has 0 saturated carbocycles. The van der Waals surface area contributed by atoms with Gasteiger partial charge in [0.05, 0.1) is 15.6 Å². The summed E-state index contributed by atoms with van der Waals surface area (Å²) in [4.78, 5) is 22.7. The molecule has 0 saturated heterocycles. The fourth-order valence-corrected chi connectivity index (χ4v) is 2.96. The van der Waals surface area contributed by atoms with Crippen molar-refractivity contribution >= 4 is 28.9 Å². The van der Waals surface area contributed by atoms with Crippen molar-refractivity contribution in [1.82, 2.24) is 0 Å². The van der Waals surface area contributed by atoms with Gasteiger partial charge in [0, 0.05) is 17.7 Å². The molecule has 1 amide bonds. The molecule has 0 unspecified atom stereocenters. The van der Waals surface area contributed by atoms with Crippen LogP contribution in [0.4, 0.5) is 11.4 Å². The molecule has 6 heteroatoms. The number of anilines is 1. The van der Waals surface area contributed by atoms with E-state index in [0.29, 0.717) is 5.56 Å². The minimum absolute atomic E-state index is 0.116. The first-order chi connectivity index (χ1) is 11.0. The number of nitrogens with zero attached hydrogens (tertiary/aromatic N) is 1. The summed E-state index contributed by atoms with van der Waals surface area (Å²) in [5, 5.41) is 13.7. The normalized spacial score (nSPS) is 13.3. The summed E-state index contributed by atoms with van der Waals surface area (Å²) in [6.07, 6.45) is 4.35. The average Bonchev–Trinajstić information content (AvgIpc) is 2.56. The predicted octanol–water partition coefficient (Wildman–Crippen LogP) is 4.38. The van der Waals surface area contributed by atoms with Crippen molar-refractivity contribution in [2.45, 2.75) is 25.7 Å². The molecule has 0 aromatic heterocycles. The Balaban J connectivity index is 1.84. The lowest BCUT2D eigenvalue weighted by molar-refractivity contribution is -0.384. The number of hydrogen-bond acceptors (Lipinski definition) is 3. The molecule has 23 heavy (non-hydrogen) atoms. The van der Waals surface area contributed by atoms with Crippen LogP contribution in [0.15, 0.2) is 36.4 Å². The quantitative estimate of drug-likeness (QED) is 0.670. The summed E-state index contributed by atoms with van der Waals surface area (Å²) in [6.45, 7) is 0. The van der Waals surface area contributed by atoms with Crippen molar-refractivity contribution in [3.8, 4) is 0 Å². The SMILES string of the molecule is O=C(Nc1cc([N+](=O)[O-])ccc1Cl)c1ccc2c(c1)CCCC2. The zero-order valence-electron chi connectivity index (χ0n) is 12.3. The van der Waals surface area contributed by atoms with E-state index in [1.54, 1.807) is 6.07 Å². The number of carbonyl (C=O) groups excluding carboxylic acids is 1. The Labute approximate surface area is 138 Å². The Morgan fingerprint density at radius 1 is 1.09 bits per heavy atom. The fourth-order valence-electron chi connectivity index (χ4n) is 2.79. The number of nitrogens with one attached hydrogen (secondary N) is 1. The number of amides is 1. The van der Waals surface area contributed by atoms with Crippen LogP contribution in [-0.2, 0) is 12.8 Å². The molecule has 1 aliphatic rings. The number of fused-ring (bicyclic) bond motifs is 1. The highest BCUT2D eigenvalue weighted by Gasteiger charge is 2.15. The minimum atomic E-state index is -0.523. The lowest BCUT2D eigenvalue weighted by atomic mass is 9.90. The molecule has 0 aliphatic heterocycles. The number of benzene rings is 2. The number of non-ortho nitro benzene ring substituents is 1. The molecular formula is C17H15ClN2O3. The number of rotatable bonds is 3. The molecule has 0 heterocycles. The highest BCUT2D eigenvalue weighted by molar-refractivity contribution is 6.34. The molecule has 0 bridgehead atoms. The molecule has 0 radical (unpaired) electrons. The van der Waals surface area contributed by atoms with Crippen molar-refractivity contribution in [3.05, 3.63) is 68.2 Å². The van der Waals surface area contributed by atoms with Gasteiger partial charge in [-0.2, -0.15) is 0 Å². The first kappa shape index (κ1) is 15.5. The number of halogens is 1. The van der Waals surface area contributed by atoms with Crippen LogP contribution in [-0.4, -0.2) is 10.8 Å². The highest BCUT2D eigenvalue weighted by atomic mass is 35.5. The van der Waals surface area contributed by atoms with E-state index in [1.807, 2.05) is 12.1 Å². The van der Waals surface area contributed by atoms with Gasteiger partial charge in [-0.1, -0.05) is 17.7 Å². The van der Waals surface area contributed by atoms with Crippen molar-refractivity contribution in [1.29, 1.82) is 0 Å². The summed E-state index contributed by atoms with van der Waals surface area (Å²) in [7, 11) is 0. The van der Waals surface area contributed by atoms with Crippen molar-refractivity contribution in [2.24, 2.45) is 0 Å². The summed E-state index contributed by atoms with van der Waals surface area (Å²) in [5.74, 6) is -0.319. The molecule has 0 fully saturated rings. The summed E-state index contributed by atoms with van der Waals surface area (Å²) < 4.78 is 0. The van der Waals surface area contributed by atoms with Crippen molar-refractivity contribution in [3.63, 3.8) is 0 Å². The maximum Gasteiger partial charge on any atom is 0.271 e. The third kappa shape index (κ3) is 3.35. The van der Waals surface area contributed by atoms with Crippen LogP contribution in [0.3, 0.4) is 0 Å². The maximum atomic E-state index is 12.4. The smallest absolute Gasteiger partial charge is 0.271 e. The van der Waals surface area contributed by atoms with Gasteiger partial charge in [0.15, 0.2) is 0 Å². The van der Waals surface area contributed by atoms with E-state index in [-0.39, 0.29) is 22.3 Å². The molecule has 0 atom stereocenters. The zero-order valence-corrected chi connectivity index (χ0v) is 13.1. The molecule has 0 spiro atoms. The van der Waals surface area contributed by atoms with Gasteiger partial charge in [0.1, 0.15) is 0 Å². The van der Waals surface area contributed by atoms with Crippen LogP contribution in [0.25, 0.3) is 0 Å². The van der Waals surface area contributed by atoms with Crippen molar-refractivity contribution < 1.29 is 9.72 Å². The number of hydrogen-bond donors (Lipinski definition) is 1. The molecule has 2 aromatic carbocycles. The van der Waals surface area contributed by atoms with E-state index in [9.17, 15) is 14.9 Å². The maximum absolute atomic E-state index is 12.4. The zero-order chi connectivity index (χ0) is 16.4. The summed E-state index contributed by atoms with van der Waals surface area (Å²) in [5.41, 5.74) is 3.15. The minimum Gasteiger partial charge on any atom is -0.320 e. The largest absolute Gasteiger partial charge is 0.320 e. The monoisotopic (exact) mass is 330 g/mol. The molecule has 118 valence electrons. The molecule has 1 aliphatic carbocycles. The number of nitro groups is 1. The Morgan fingerprint density at radius 3 is 2.57 bits per heavy atom. The van der Waals surface area contributed by atoms with Gasteiger partial charge in [0.25, 0.3) is 11.6 Å². The average molecular weight is 331 g/mol. The van der Waals surface area contributed by atoms with Crippen LogP contribution in [0.1, 0.15) is 34.3 Å². The van der Waals surface area contributed by atoms with Crippen LogP contribution in [0, 0.1) is 10.1 Å². The second-order valence-electron chi connectivity index (χ2n) is 5.57. The first-order valence-electron chi connectivity index (χ1n) is 7.42. The first-order valence-corrected chi connectivity index (χ1v) is 7.79. The van der Waals surface area contributed by atoms with Gasteiger partial charge < -0.3 is 5.32 Å². The van der Waals surface area contributed by atoms with Crippen LogP contribution >= 0.6 is 11.6 Å². The molecule has 2 aromatic rings. The van der Waals surface area contributed by atoms with Crippen molar-refractivity contribution in [2.75, 3.05) is 5.32 Å². The molecular weight excluding hydrogens is 316 g/mol. The van der Waals surface area contributed by atoms with Gasteiger partial charge >= 0.3 is 0 Å². The van der Waals surface area contributed by atoms with Gasteiger partial charge in [-0.05, 0) is 55.0 Å². The van der Waals surface area contributed by atoms with E-state index >= 15 is 0 Å². The number of carbonyl (C=O) groups is 1. The lowest BCUT2D eigenvalue weighted by Crippen LogP contribution is -2.14. The molecule has 3 rings (SSSR count). The Morgan fingerprint density at radius 2 is 1.83 bits per heavy atom. The topological polar surface area (TPSA) is 72.2 Å². The number of aryl methyl sites for hydroxylation is 2. The Hall–Kier alpha value is -2.40. The van der Waals surface area contributed by atoms with Crippen LogP contribution in [0.5, 0.6) is 0 Å². The standard InChI is InChI=1S/C17H15ClN2O3/c18-15-8-7-14(20(22)23)10-16(15)19-17(21)13-6-5-11-3-1-2-4-12(11)9-13/h5-10H,1-4H2,(H,19,21). The van der Waals surface area contributed by atoms with E-state index in [0.717, 1.165) is 19.3 Å². The third-order valence-electron chi connectivity index (χ3n) is 4.02. The fraction of sp³-hybridized carbons (Fsp3) is 0.235. The Kier molecular flexibility index (Phi) is 4.30. The van der Waals surface area contributed by atoms with E-state index in [2.05, 4.69) is 5.32 Å². The van der Waals surface area contributed by atoms with Crippen LogP contribution in [0.2, 0.25) is 5.02 Å². The van der Waals surface area contributed by atoms with Gasteiger partial charge in [-0.25, -0.2) is 0 Å². The summed E-state index contributed by atoms with van der Waals surface area (Å²) in [6, 6.07) is 9.63. The van der Waals surface area contributed by atoms with E-state index < -0.39 is 4.92 Å². The van der Waals surface area contributed by atoms with Gasteiger partial charge in [0.2, 0.25) is 0 Å².